The van der Waals surface area contributed by atoms with E-state index in [4.69, 9.17) is 0 Å². The number of rotatable bonds is 3. The van der Waals surface area contributed by atoms with Gasteiger partial charge >= 0.3 is 122 Å². The third-order valence-corrected chi connectivity index (χ3v) is 10.0. The van der Waals surface area contributed by atoms with Crippen molar-refractivity contribution in [2.24, 2.45) is 0 Å². The Kier molecular flexibility index (Phi) is 7.17. The Morgan fingerprint density at radius 2 is 0.619 bits per heavy atom. The van der Waals surface area contributed by atoms with Gasteiger partial charge in [-0.2, -0.15) is 0 Å². The fourth-order valence-electron chi connectivity index (χ4n) is 2.18. The topological polar surface area (TPSA) is 63.0 Å². The summed E-state index contributed by atoms with van der Waals surface area (Å²) in [6.07, 6.45) is 0. The van der Waals surface area contributed by atoms with Crippen molar-refractivity contribution >= 4 is 30.7 Å². The van der Waals surface area contributed by atoms with E-state index in [1.165, 1.54) is 10.5 Å². The summed E-state index contributed by atoms with van der Waals surface area (Å²) >= 11 is -1.83. The maximum absolute atomic E-state index is 2.28. The van der Waals surface area contributed by atoms with Crippen LogP contribution in [0.2, 0.25) is 0 Å². The van der Waals surface area contributed by atoms with Crippen LogP contribution in [0.4, 0.5) is 0 Å². The van der Waals surface area contributed by atoms with Crippen molar-refractivity contribution in [3.8, 4) is 0 Å². The van der Waals surface area contributed by atoms with Gasteiger partial charge in [-0.3, -0.25) is 0 Å². The molecule has 0 radical (unpaired) electrons. The van der Waals surface area contributed by atoms with Gasteiger partial charge in [0.15, 0.2) is 0 Å². The minimum absolute atomic E-state index is 0. The molecule has 0 unspecified atom stereocenters. The van der Waals surface area contributed by atoms with E-state index in [1.54, 1.807) is 0 Å². The van der Waals surface area contributed by atoms with Crippen LogP contribution in [-0.4, -0.2) is 31.2 Å². The van der Waals surface area contributed by atoms with Crippen molar-refractivity contribution in [2.45, 2.75) is 0 Å². The summed E-state index contributed by atoms with van der Waals surface area (Å²) in [6.45, 7) is 0. The molecule has 3 heteroatoms. The van der Waals surface area contributed by atoms with Gasteiger partial charge in [0.2, 0.25) is 0 Å². The van der Waals surface area contributed by atoms with Crippen LogP contribution >= 0.6 is 0 Å². The van der Waals surface area contributed by atoms with Gasteiger partial charge in [0.1, 0.15) is 0 Å². The minimum atomic E-state index is -1.83. The summed E-state index contributed by atoms with van der Waals surface area (Å²) in [5.74, 6) is 0. The maximum atomic E-state index is 2.28. The summed E-state index contributed by atoms with van der Waals surface area (Å²) in [7, 11) is 0. The van der Waals surface area contributed by atoms with Crippen LogP contribution in [0.25, 0.3) is 0 Å². The van der Waals surface area contributed by atoms with Crippen molar-refractivity contribution in [2.75, 3.05) is 0 Å². The molecule has 0 fully saturated rings. The standard InChI is InChI=1S/3C6H5.2H2O.Sb/c3*1-2-4-6-5-3-1;;;/h3*1-5H;2*1H2;. The summed E-state index contributed by atoms with van der Waals surface area (Å²) in [5, 5.41) is 0. The molecule has 3 rings (SSSR count). The van der Waals surface area contributed by atoms with Gasteiger partial charge in [0.25, 0.3) is 0 Å². The molecule has 0 saturated heterocycles. The van der Waals surface area contributed by atoms with Gasteiger partial charge in [-0.1, -0.05) is 0 Å². The molecule has 0 amide bonds. The molecule has 0 aromatic heterocycles. The molecule has 3 aromatic rings. The van der Waals surface area contributed by atoms with Crippen LogP contribution in [0.5, 0.6) is 0 Å². The van der Waals surface area contributed by atoms with E-state index in [2.05, 4.69) is 91.0 Å². The molecule has 108 valence electrons. The van der Waals surface area contributed by atoms with Crippen molar-refractivity contribution in [1.82, 2.24) is 0 Å². The Labute approximate surface area is 132 Å². The molecule has 2 nitrogen and oxygen atoms in total. The predicted octanol–water partition coefficient (Wildman–Crippen LogP) is 0.553. The second kappa shape index (κ2) is 8.63. The van der Waals surface area contributed by atoms with Crippen LogP contribution in [0.1, 0.15) is 0 Å². The van der Waals surface area contributed by atoms with Crippen LogP contribution < -0.4 is 10.5 Å². The Bertz CT molecular complexity index is 533. The fraction of sp³-hybridized carbons (Fsp3) is 0. The molecular formula is C18H19O2Sb. The molecule has 0 heterocycles. The third kappa shape index (κ3) is 4.18. The number of hydrogen-bond acceptors (Lipinski definition) is 0. The van der Waals surface area contributed by atoms with E-state index in [1.807, 2.05) is 0 Å². The average Bonchev–Trinajstić information content (AvgIpc) is 2.51. The van der Waals surface area contributed by atoms with E-state index in [0.29, 0.717) is 0 Å². The van der Waals surface area contributed by atoms with Gasteiger partial charge in [-0.15, -0.1) is 0 Å². The zero-order valence-corrected chi connectivity index (χ0v) is 14.2. The van der Waals surface area contributed by atoms with Crippen LogP contribution in [0, 0.1) is 0 Å². The van der Waals surface area contributed by atoms with Crippen molar-refractivity contribution in [3.63, 3.8) is 0 Å². The molecule has 0 aliphatic rings. The predicted molar refractivity (Wildman–Crippen MR) is 91.2 cm³/mol. The molecule has 21 heavy (non-hydrogen) atoms. The zero-order chi connectivity index (χ0) is 12.9. The van der Waals surface area contributed by atoms with Crippen LogP contribution in [-0.2, 0) is 0 Å². The van der Waals surface area contributed by atoms with Gasteiger partial charge in [0, 0.05) is 0 Å². The van der Waals surface area contributed by atoms with E-state index in [0.717, 1.165) is 0 Å². The third-order valence-electron chi connectivity index (χ3n) is 3.04. The molecule has 4 N–H and O–H groups in total. The molecule has 0 aliphatic heterocycles. The number of benzene rings is 3. The molecule has 0 saturated carbocycles. The van der Waals surface area contributed by atoms with Gasteiger partial charge < -0.3 is 11.0 Å². The van der Waals surface area contributed by atoms with E-state index in [9.17, 15) is 0 Å². The van der Waals surface area contributed by atoms with E-state index >= 15 is 0 Å². The summed E-state index contributed by atoms with van der Waals surface area (Å²) in [5.41, 5.74) is 0. The first-order valence-corrected chi connectivity index (χ1v) is 10.2. The molecule has 0 bridgehead atoms. The van der Waals surface area contributed by atoms with Crippen molar-refractivity contribution < 1.29 is 11.0 Å². The molecular weight excluding hydrogens is 370 g/mol. The first kappa shape index (κ1) is 17.4. The Morgan fingerprint density at radius 3 is 0.857 bits per heavy atom. The Hall–Kier alpha value is -1.60. The van der Waals surface area contributed by atoms with Crippen molar-refractivity contribution in [3.05, 3.63) is 91.0 Å². The van der Waals surface area contributed by atoms with Gasteiger partial charge in [0.05, 0.1) is 0 Å². The Morgan fingerprint density at radius 1 is 0.381 bits per heavy atom. The van der Waals surface area contributed by atoms with Gasteiger partial charge in [-0.05, 0) is 0 Å². The molecule has 0 spiro atoms. The molecule has 0 aliphatic carbocycles. The zero-order valence-electron chi connectivity index (χ0n) is 11.6. The summed E-state index contributed by atoms with van der Waals surface area (Å²) < 4.78 is 4.55. The van der Waals surface area contributed by atoms with Crippen LogP contribution in [0.15, 0.2) is 91.0 Å². The van der Waals surface area contributed by atoms with E-state index < -0.39 is 20.2 Å². The first-order valence-electron chi connectivity index (χ1n) is 6.40. The normalized spacial score (nSPS) is 9.57. The molecule has 0 atom stereocenters. The monoisotopic (exact) mass is 388 g/mol. The van der Waals surface area contributed by atoms with E-state index in [-0.39, 0.29) is 11.0 Å². The SMILES string of the molecule is O.O.c1cc[c]([Sb]([c]2ccccc2)[c]2ccccc2)cc1. The summed E-state index contributed by atoms with van der Waals surface area (Å²) in [4.78, 5) is 0. The molecule has 3 aromatic carbocycles. The first-order chi connectivity index (χ1) is 9.45. The van der Waals surface area contributed by atoms with Gasteiger partial charge in [-0.25, -0.2) is 0 Å². The van der Waals surface area contributed by atoms with Crippen molar-refractivity contribution in [1.29, 1.82) is 0 Å². The second-order valence-corrected chi connectivity index (χ2v) is 10.7. The second-order valence-electron chi connectivity index (χ2n) is 4.34. The fourth-order valence-corrected chi connectivity index (χ4v) is 8.76. The Balaban J connectivity index is 0.00000110. The number of hydrogen-bond donors (Lipinski definition) is 0. The summed E-state index contributed by atoms with van der Waals surface area (Å²) in [6, 6.07) is 32.9. The average molecular weight is 389 g/mol. The quantitative estimate of drug-likeness (QED) is 0.588. The van der Waals surface area contributed by atoms with Crippen LogP contribution in [0.3, 0.4) is 0 Å².